The van der Waals surface area contributed by atoms with E-state index in [1.165, 1.54) is 22.2 Å². The molecule has 0 spiro atoms. The molecule has 1 aromatic rings. The van der Waals surface area contributed by atoms with Crippen LogP contribution in [0.2, 0.25) is 0 Å². The third kappa shape index (κ3) is 4.43. The lowest BCUT2D eigenvalue weighted by Crippen LogP contribution is -2.34. The first-order chi connectivity index (χ1) is 7.98. The Hall–Kier alpha value is -0.950. The topological polar surface area (TPSA) is 76.1 Å². The van der Waals surface area contributed by atoms with Crippen molar-refractivity contribution >= 4 is 27.3 Å². The highest BCUT2D eigenvalue weighted by Gasteiger charge is 2.20. The predicted octanol–water partition coefficient (Wildman–Crippen LogP) is 1.64. The van der Waals surface area contributed by atoms with Crippen LogP contribution in [-0.2, 0) is 10.0 Å². The lowest BCUT2D eigenvalue weighted by Gasteiger charge is -2.12. The molecule has 1 heterocycles. The summed E-state index contributed by atoms with van der Waals surface area (Å²) < 4.78 is 25.5. The van der Waals surface area contributed by atoms with E-state index >= 15 is 0 Å². The Balaban J connectivity index is 2.64. The van der Waals surface area contributed by atoms with Crippen LogP contribution in [0.1, 0.15) is 37.2 Å². The van der Waals surface area contributed by atoms with Crippen molar-refractivity contribution in [2.24, 2.45) is 5.92 Å². The van der Waals surface area contributed by atoms with Gasteiger partial charge in [-0.25, -0.2) is 18.1 Å². The Morgan fingerprint density at radius 2 is 2.12 bits per heavy atom. The van der Waals surface area contributed by atoms with Crippen LogP contribution in [0.5, 0.6) is 0 Å². The van der Waals surface area contributed by atoms with Crippen molar-refractivity contribution in [2.75, 3.05) is 5.75 Å². The highest BCUT2D eigenvalue weighted by molar-refractivity contribution is 7.90. The lowest BCUT2D eigenvalue weighted by atomic mass is 10.1. The molecule has 0 aliphatic rings. The number of sulfonamides is 1. The molecule has 0 aliphatic carbocycles. The molecule has 0 aliphatic heterocycles. The second kappa shape index (κ2) is 6.11. The zero-order valence-corrected chi connectivity index (χ0v) is 11.5. The maximum atomic E-state index is 11.7. The lowest BCUT2D eigenvalue weighted by molar-refractivity contribution is 0.0977. The first-order valence-corrected chi connectivity index (χ1v) is 8.01. The molecule has 1 amide bonds. The van der Waals surface area contributed by atoms with Crippen LogP contribution in [-0.4, -0.2) is 25.1 Å². The molecule has 1 N–H and O–H groups in total. The first-order valence-electron chi connectivity index (χ1n) is 5.41. The monoisotopic (exact) mass is 276 g/mol. The van der Waals surface area contributed by atoms with Gasteiger partial charge in [-0.2, -0.15) is 0 Å². The van der Waals surface area contributed by atoms with Gasteiger partial charge in [0.1, 0.15) is 5.69 Å². The van der Waals surface area contributed by atoms with Gasteiger partial charge < -0.3 is 0 Å². The fourth-order valence-corrected chi connectivity index (χ4v) is 3.49. The minimum absolute atomic E-state index is 0.0180. The number of carbonyl (C=O) groups excluding carboxylic acids is 1. The Labute approximate surface area is 105 Å². The molecular weight excluding hydrogens is 260 g/mol. The predicted molar refractivity (Wildman–Crippen MR) is 67.4 cm³/mol. The zero-order valence-electron chi connectivity index (χ0n) is 9.84. The number of nitrogens with one attached hydrogen (secondary N) is 1. The molecule has 1 rings (SSSR count). The van der Waals surface area contributed by atoms with Gasteiger partial charge in [0.15, 0.2) is 0 Å². The second-order valence-corrected chi connectivity index (χ2v) is 6.25. The summed E-state index contributed by atoms with van der Waals surface area (Å²) in [5.41, 5.74) is 1.63. The maximum absolute atomic E-state index is 11.7. The van der Waals surface area contributed by atoms with Gasteiger partial charge in [0.25, 0.3) is 5.91 Å². The molecule has 5 nitrogen and oxygen atoms in total. The number of nitrogens with zero attached hydrogens (tertiary/aromatic N) is 1. The number of thiazole rings is 1. The number of amides is 1. The molecular formula is C10H16N2O3S2. The van der Waals surface area contributed by atoms with E-state index < -0.39 is 15.9 Å². The van der Waals surface area contributed by atoms with Crippen LogP contribution in [0, 0.1) is 5.92 Å². The standard InChI is InChI=1S/C10H16N2O3S2/c1-3-8(4-2)6-17(14,15)12-10(13)9-5-16-7-11-9/h5,7-8H,3-4,6H2,1-2H3,(H,12,13). The Morgan fingerprint density at radius 3 is 2.59 bits per heavy atom. The third-order valence-electron chi connectivity index (χ3n) is 2.52. The number of hydrogen-bond donors (Lipinski definition) is 1. The van der Waals surface area contributed by atoms with Gasteiger partial charge in [0.2, 0.25) is 10.0 Å². The minimum atomic E-state index is -3.57. The number of rotatable bonds is 6. The smallest absolute Gasteiger partial charge is 0.266 e. The zero-order chi connectivity index (χ0) is 12.9. The molecule has 1 aromatic heterocycles. The summed E-state index contributed by atoms with van der Waals surface area (Å²) in [5, 5.41) is 1.52. The average molecular weight is 276 g/mol. The fourth-order valence-electron chi connectivity index (χ4n) is 1.39. The summed E-state index contributed by atoms with van der Waals surface area (Å²) in [5.74, 6) is -0.594. The van der Waals surface area contributed by atoms with E-state index in [0.717, 1.165) is 12.8 Å². The van der Waals surface area contributed by atoms with E-state index in [4.69, 9.17) is 0 Å². The average Bonchev–Trinajstić information content (AvgIpc) is 2.78. The summed E-state index contributed by atoms with van der Waals surface area (Å²) in [4.78, 5) is 15.3. The Morgan fingerprint density at radius 1 is 1.47 bits per heavy atom. The molecule has 0 saturated heterocycles. The molecule has 0 unspecified atom stereocenters. The van der Waals surface area contributed by atoms with E-state index in [-0.39, 0.29) is 17.4 Å². The molecule has 96 valence electrons. The van der Waals surface area contributed by atoms with Crippen molar-refractivity contribution < 1.29 is 13.2 Å². The van der Waals surface area contributed by atoms with Gasteiger partial charge in [0.05, 0.1) is 11.3 Å². The SMILES string of the molecule is CCC(CC)CS(=O)(=O)NC(=O)c1cscn1. The van der Waals surface area contributed by atoms with E-state index in [1.54, 1.807) is 0 Å². The highest BCUT2D eigenvalue weighted by atomic mass is 32.2. The molecule has 0 radical (unpaired) electrons. The first kappa shape index (κ1) is 14.1. The van der Waals surface area contributed by atoms with E-state index in [1.807, 2.05) is 18.6 Å². The largest absolute Gasteiger partial charge is 0.284 e. The highest BCUT2D eigenvalue weighted by Crippen LogP contribution is 2.10. The van der Waals surface area contributed by atoms with E-state index in [9.17, 15) is 13.2 Å². The number of carbonyl (C=O) groups is 1. The van der Waals surface area contributed by atoms with Crippen LogP contribution >= 0.6 is 11.3 Å². The Kier molecular flexibility index (Phi) is 5.07. The van der Waals surface area contributed by atoms with E-state index in [2.05, 4.69) is 4.98 Å². The van der Waals surface area contributed by atoms with Gasteiger partial charge in [-0.05, 0) is 5.92 Å². The van der Waals surface area contributed by atoms with Crippen molar-refractivity contribution in [3.63, 3.8) is 0 Å². The van der Waals surface area contributed by atoms with Crippen molar-refractivity contribution in [1.29, 1.82) is 0 Å². The van der Waals surface area contributed by atoms with Gasteiger partial charge in [-0.15, -0.1) is 11.3 Å². The summed E-state index contributed by atoms with van der Waals surface area (Å²) in [6, 6.07) is 0. The molecule has 17 heavy (non-hydrogen) atoms. The van der Waals surface area contributed by atoms with Crippen LogP contribution in [0.15, 0.2) is 10.9 Å². The molecule has 0 fully saturated rings. The van der Waals surface area contributed by atoms with Crippen LogP contribution in [0.3, 0.4) is 0 Å². The normalized spacial score (nSPS) is 11.7. The van der Waals surface area contributed by atoms with Crippen LogP contribution < -0.4 is 4.72 Å². The molecule has 0 aromatic carbocycles. The summed E-state index contributed by atoms with van der Waals surface area (Å²) in [7, 11) is -3.57. The quantitative estimate of drug-likeness (QED) is 0.857. The molecule has 0 saturated carbocycles. The van der Waals surface area contributed by atoms with Gasteiger partial charge in [-0.3, -0.25) is 4.79 Å². The van der Waals surface area contributed by atoms with E-state index in [0.29, 0.717) is 0 Å². The summed E-state index contributed by atoms with van der Waals surface area (Å²) in [6.07, 6.45) is 1.56. The van der Waals surface area contributed by atoms with Gasteiger partial charge >= 0.3 is 0 Å². The fraction of sp³-hybridized carbons (Fsp3) is 0.600. The van der Waals surface area contributed by atoms with Gasteiger partial charge in [-0.1, -0.05) is 26.7 Å². The summed E-state index contributed by atoms with van der Waals surface area (Å²) >= 11 is 1.25. The number of aromatic nitrogens is 1. The Bertz CT molecular complexity index is 450. The van der Waals surface area contributed by atoms with Crippen molar-refractivity contribution in [2.45, 2.75) is 26.7 Å². The van der Waals surface area contributed by atoms with Crippen molar-refractivity contribution in [3.8, 4) is 0 Å². The van der Waals surface area contributed by atoms with Crippen molar-refractivity contribution in [3.05, 3.63) is 16.6 Å². The van der Waals surface area contributed by atoms with Crippen molar-refractivity contribution in [1.82, 2.24) is 9.71 Å². The number of hydrogen-bond acceptors (Lipinski definition) is 5. The minimum Gasteiger partial charge on any atom is -0.266 e. The summed E-state index contributed by atoms with van der Waals surface area (Å²) in [6.45, 7) is 3.87. The third-order valence-corrected chi connectivity index (χ3v) is 4.52. The molecule has 7 heteroatoms. The van der Waals surface area contributed by atoms with Gasteiger partial charge in [0, 0.05) is 5.38 Å². The second-order valence-electron chi connectivity index (χ2n) is 3.77. The van der Waals surface area contributed by atoms with Crippen LogP contribution in [0.4, 0.5) is 0 Å². The maximum Gasteiger partial charge on any atom is 0.284 e. The van der Waals surface area contributed by atoms with Crippen LogP contribution in [0.25, 0.3) is 0 Å². The molecule has 0 bridgehead atoms. The molecule has 0 atom stereocenters.